The Labute approximate surface area is 150 Å². The maximum atomic E-state index is 13.7. The van der Waals surface area contributed by atoms with E-state index in [0.29, 0.717) is 18.9 Å². The number of rotatable bonds is 7. The number of benzene rings is 1. The standard InChI is InChI=1S/C18H21F2N3O3/c19-13-1-2-14(15(20)11-13)16-12-22-18(26-16)4-3-17(24)21-5-6-23-7-9-25-10-8-23/h1-2,11-12H,3-10H2,(H,21,24). The van der Waals surface area contributed by atoms with E-state index in [1.807, 2.05) is 0 Å². The van der Waals surface area contributed by atoms with Crippen molar-refractivity contribution >= 4 is 5.91 Å². The van der Waals surface area contributed by atoms with Gasteiger partial charge in [0.05, 0.1) is 25.0 Å². The van der Waals surface area contributed by atoms with Crippen molar-refractivity contribution in [2.24, 2.45) is 0 Å². The summed E-state index contributed by atoms with van der Waals surface area (Å²) in [6, 6.07) is 3.25. The van der Waals surface area contributed by atoms with Gasteiger partial charge >= 0.3 is 0 Å². The van der Waals surface area contributed by atoms with Gasteiger partial charge in [0.15, 0.2) is 11.7 Å². The first-order chi connectivity index (χ1) is 12.6. The molecule has 1 N–H and O–H groups in total. The molecule has 8 heteroatoms. The molecule has 0 radical (unpaired) electrons. The Balaban J connectivity index is 1.43. The van der Waals surface area contributed by atoms with E-state index in [9.17, 15) is 13.6 Å². The van der Waals surface area contributed by atoms with Gasteiger partial charge in [0.25, 0.3) is 0 Å². The molecule has 140 valence electrons. The predicted octanol–water partition coefficient (Wildman–Crippen LogP) is 2.00. The van der Waals surface area contributed by atoms with Crippen molar-refractivity contribution in [3.8, 4) is 11.3 Å². The molecule has 2 aromatic rings. The Hall–Kier alpha value is -2.32. The molecule has 1 fully saturated rings. The highest BCUT2D eigenvalue weighted by Crippen LogP contribution is 2.24. The number of hydrogen-bond donors (Lipinski definition) is 1. The summed E-state index contributed by atoms with van der Waals surface area (Å²) in [6.45, 7) is 4.60. The second-order valence-electron chi connectivity index (χ2n) is 6.05. The molecule has 6 nitrogen and oxygen atoms in total. The van der Waals surface area contributed by atoms with Gasteiger partial charge in [-0.05, 0) is 12.1 Å². The third-order valence-corrected chi connectivity index (χ3v) is 4.17. The molecule has 0 atom stereocenters. The molecule has 3 rings (SSSR count). The summed E-state index contributed by atoms with van der Waals surface area (Å²) in [7, 11) is 0. The topological polar surface area (TPSA) is 67.6 Å². The summed E-state index contributed by atoms with van der Waals surface area (Å²) >= 11 is 0. The smallest absolute Gasteiger partial charge is 0.220 e. The summed E-state index contributed by atoms with van der Waals surface area (Å²) in [6.07, 6.45) is 1.92. The molecule has 1 aromatic carbocycles. The van der Waals surface area contributed by atoms with Gasteiger partial charge in [-0.3, -0.25) is 9.69 Å². The zero-order valence-corrected chi connectivity index (χ0v) is 14.3. The number of ether oxygens (including phenoxy) is 1. The average Bonchev–Trinajstić information content (AvgIpc) is 3.09. The van der Waals surface area contributed by atoms with E-state index in [4.69, 9.17) is 9.15 Å². The second-order valence-corrected chi connectivity index (χ2v) is 6.05. The number of nitrogens with zero attached hydrogens (tertiary/aromatic N) is 2. The molecule has 26 heavy (non-hydrogen) atoms. The fourth-order valence-electron chi connectivity index (χ4n) is 2.73. The fraction of sp³-hybridized carbons (Fsp3) is 0.444. The summed E-state index contributed by atoms with van der Waals surface area (Å²) in [5.41, 5.74) is 0.139. The third kappa shape index (κ3) is 5.09. The average molecular weight is 365 g/mol. The van der Waals surface area contributed by atoms with Crippen molar-refractivity contribution in [2.45, 2.75) is 12.8 Å². The minimum atomic E-state index is -0.714. The van der Waals surface area contributed by atoms with Gasteiger partial charge in [-0.1, -0.05) is 0 Å². The van der Waals surface area contributed by atoms with Gasteiger partial charge in [0.2, 0.25) is 5.91 Å². The van der Waals surface area contributed by atoms with Crippen molar-refractivity contribution < 1.29 is 22.7 Å². The van der Waals surface area contributed by atoms with Gasteiger partial charge in [-0.25, -0.2) is 13.8 Å². The first-order valence-corrected chi connectivity index (χ1v) is 8.59. The van der Waals surface area contributed by atoms with Crippen LogP contribution in [0.25, 0.3) is 11.3 Å². The summed E-state index contributed by atoms with van der Waals surface area (Å²) < 4.78 is 37.4. The fourth-order valence-corrected chi connectivity index (χ4v) is 2.73. The Kier molecular flexibility index (Phi) is 6.30. The van der Waals surface area contributed by atoms with E-state index in [1.165, 1.54) is 12.3 Å². The molecule has 0 saturated carbocycles. The van der Waals surface area contributed by atoms with Crippen molar-refractivity contribution in [1.29, 1.82) is 0 Å². The van der Waals surface area contributed by atoms with Crippen LogP contribution in [0.1, 0.15) is 12.3 Å². The van der Waals surface area contributed by atoms with Gasteiger partial charge in [-0.2, -0.15) is 0 Å². The van der Waals surface area contributed by atoms with E-state index in [2.05, 4.69) is 15.2 Å². The van der Waals surface area contributed by atoms with Crippen molar-refractivity contribution in [3.63, 3.8) is 0 Å². The number of morpholine rings is 1. The minimum absolute atomic E-state index is 0.0917. The Morgan fingerprint density at radius 2 is 2.08 bits per heavy atom. The van der Waals surface area contributed by atoms with Gasteiger partial charge in [0, 0.05) is 45.1 Å². The van der Waals surface area contributed by atoms with Gasteiger partial charge in [0.1, 0.15) is 11.6 Å². The zero-order valence-electron chi connectivity index (χ0n) is 14.3. The molecule has 1 saturated heterocycles. The number of oxazole rings is 1. The molecule has 2 heterocycles. The van der Waals surface area contributed by atoms with E-state index < -0.39 is 11.6 Å². The first kappa shape index (κ1) is 18.5. The molecular formula is C18H21F2N3O3. The maximum Gasteiger partial charge on any atom is 0.220 e. The molecule has 0 spiro atoms. The number of hydrogen-bond acceptors (Lipinski definition) is 5. The summed E-state index contributed by atoms with van der Waals surface area (Å²) in [4.78, 5) is 18.2. The van der Waals surface area contributed by atoms with Crippen LogP contribution in [0.2, 0.25) is 0 Å². The lowest BCUT2D eigenvalue weighted by Gasteiger charge is -2.26. The van der Waals surface area contributed by atoms with Crippen LogP contribution in [0.5, 0.6) is 0 Å². The number of amides is 1. The van der Waals surface area contributed by atoms with Crippen LogP contribution < -0.4 is 5.32 Å². The molecule has 0 aliphatic carbocycles. The lowest BCUT2D eigenvalue weighted by Crippen LogP contribution is -2.41. The van der Waals surface area contributed by atoms with Gasteiger partial charge in [-0.15, -0.1) is 0 Å². The minimum Gasteiger partial charge on any atom is -0.441 e. The Morgan fingerprint density at radius 3 is 2.85 bits per heavy atom. The number of carbonyl (C=O) groups excluding carboxylic acids is 1. The van der Waals surface area contributed by atoms with E-state index in [0.717, 1.165) is 45.0 Å². The van der Waals surface area contributed by atoms with Crippen LogP contribution in [-0.2, 0) is 16.0 Å². The normalized spacial score (nSPS) is 15.2. The number of carbonyl (C=O) groups is 1. The molecule has 1 aliphatic rings. The van der Waals surface area contributed by atoms with Crippen LogP contribution in [-0.4, -0.2) is 55.2 Å². The van der Waals surface area contributed by atoms with Crippen LogP contribution in [0.15, 0.2) is 28.8 Å². The van der Waals surface area contributed by atoms with Crippen molar-refractivity contribution in [1.82, 2.24) is 15.2 Å². The lowest BCUT2D eigenvalue weighted by atomic mass is 10.2. The molecule has 1 aromatic heterocycles. The second kappa shape index (κ2) is 8.86. The van der Waals surface area contributed by atoms with E-state index in [1.54, 1.807) is 0 Å². The van der Waals surface area contributed by atoms with Crippen LogP contribution in [0.4, 0.5) is 8.78 Å². The zero-order chi connectivity index (χ0) is 18.4. The van der Waals surface area contributed by atoms with E-state index in [-0.39, 0.29) is 23.7 Å². The molecule has 1 amide bonds. The Morgan fingerprint density at radius 1 is 1.27 bits per heavy atom. The highest BCUT2D eigenvalue weighted by atomic mass is 19.1. The molecule has 0 bridgehead atoms. The number of aryl methyl sites for hydroxylation is 1. The Bertz CT molecular complexity index is 745. The molecular weight excluding hydrogens is 344 g/mol. The lowest BCUT2D eigenvalue weighted by molar-refractivity contribution is -0.121. The maximum absolute atomic E-state index is 13.7. The number of aromatic nitrogens is 1. The third-order valence-electron chi connectivity index (χ3n) is 4.17. The quantitative estimate of drug-likeness (QED) is 0.813. The number of halogens is 2. The SMILES string of the molecule is O=C(CCc1ncc(-c2ccc(F)cc2F)o1)NCCN1CCOCC1. The first-order valence-electron chi connectivity index (χ1n) is 8.59. The van der Waals surface area contributed by atoms with Gasteiger partial charge < -0.3 is 14.5 Å². The van der Waals surface area contributed by atoms with Crippen LogP contribution in [0.3, 0.4) is 0 Å². The van der Waals surface area contributed by atoms with Crippen LogP contribution >= 0.6 is 0 Å². The molecule has 0 unspecified atom stereocenters. The largest absolute Gasteiger partial charge is 0.441 e. The number of nitrogens with one attached hydrogen (secondary N) is 1. The summed E-state index contributed by atoms with van der Waals surface area (Å²) in [5.74, 6) is -0.906. The van der Waals surface area contributed by atoms with Crippen molar-refractivity contribution in [3.05, 3.63) is 41.9 Å². The van der Waals surface area contributed by atoms with Crippen LogP contribution in [0, 0.1) is 11.6 Å². The highest BCUT2D eigenvalue weighted by Gasteiger charge is 2.13. The highest BCUT2D eigenvalue weighted by molar-refractivity contribution is 5.76. The van der Waals surface area contributed by atoms with Crippen molar-refractivity contribution in [2.75, 3.05) is 39.4 Å². The molecule has 1 aliphatic heterocycles. The summed E-state index contributed by atoms with van der Waals surface area (Å²) in [5, 5.41) is 2.86. The van der Waals surface area contributed by atoms with E-state index >= 15 is 0 Å². The monoisotopic (exact) mass is 365 g/mol. The predicted molar refractivity (Wildman–Crippen MR) is 90.4 cm³/mol.